The summed E-state index contributed by atoms with van der Waals surface area (Å²) in [6.07, 6.45) is 3.25. The van der Waals surface area contributed by atoms with Crippen molar-refractivity contribution in [2.75, 3.05) is 0 Å². The number of nitrogens with zero attached hydrogens (tertiary/aromatic N) is 4. The highest BCUT2D eigenvalue weighted by molar-refractivity contribution is 7.09. The van der Waals surface area contributed by atoms with Gasteiger partial charge in [-0.1, -0.05) is 30.3 Å². The van der Waals surface area contributed by atoms with E-state index in [0.717, 1.165) is 48.2 Å². The largest absolute Gasteiger partial charge is 0.310 e. The van der Waals surface area contributed by atoms with Crippen molar-refractivity contribution in [1.29, 1.82) is 0 Å². The molecule has 0 fully saturated rings. The summed E-state index contributed by atoms with van der Waals surface area (Å²) >= 11 is 1.66. The van der Waals surface area contributed by atoms with E-state index in [1.54, 1.807) is 11.3 Å². The van der Waals surface area contributed by atoms with Crippen molar-refractivity contribution < 1.29 is 0 Å². The van der Waals surface area contributed by atoms with E-state index in [1.165, 1.54) is 5.56 Å². The van der Waals surface area contributed by atoms with Crippen LogP contribution in [0.25, 0.3) is 11.5 Å². The van der Waals surface area contributed by atoms with Crippen LogP contribution in [0.15, 0.2) is 35.7 Å². The minimum Gasteiger partial charge on any atom is -0.310 e. The lowest BCUT2D eigenvalue weighted by Gasteiger charge is -2.14. The standard InChI is InChI=1S/C17H18N4S/c1-12-18-15(11-22-12)17-20-19-16-8-7-14(9-10-21(16)17)13-5-3-2-4-6-13/h2-6,11,14H,7-10H2,1H3. The molecular formula is C17H18N4S. The lowest BCUT2D eigenvalue weighted by Crippen LogP contribution is -2.04. The van der Waals surface area contributed by atoms with Crippen LogP contribution in [0.5, 0.6) is 0 Å². The van der Waals surface area contributed by atoms with E-state index in [9.17, 15) is 0 Å². The first kappa shape index (κ1) is 13.6. The third kappa shape index (κ3) is 2.46. The maximum absolute atomic E-state index is 4.56. The summed E-state index contributed by atoms with van der Waals surface area (Å²) in [6.45, 7) is 2.99. The van der Waals surface area contributed by atoms with Crippen LogP contribution in [0.2, 0.25) is 0 Å². The molecule has 3 heterocycles. The summed E-state index contributed by atoms with van der Waals surface area (Å²) in [7, 11) is 0. The van der Waals surface area contributed by atoms with Gasteiger partial charge in [-0.05, 0) is 31.2 Å². The molecule has 0 saturated heterocycles. The van der Waals surface area contributed by atoms with Crippen LogP contribution in [0.4, 0.5) is 0 Å². The molecule has 5 heteroatoms. The molecule has 112 valence electrons. The Balaban J connectivity index is 1.62. The smallest absolute Gasteiger partial charge is 0.183 e. The number of rotatable bonds is 2. The quantitative estimate of drug-likeness (QED) is 0.722. The average molecular weight is 310 g/mol. The van der Waals surface area contributed by atoms with E-state index in [1.807, 2.05) is 6.92 Å². The summed E-state index contributed by atoms with van der Waals surface area (Å²) in [4.78, 5) is 4.56. The summed E-state index contributed by atoms with van der Waals surface area (Å²) in [5.74, 6) is 2.63. The molecule has 4 nitrogen and oxygen atoms in total. The molecule has 0 N–H and O–H groups in total. The first-order chi connectivity index (χ1) is 10.8. The Morgan fingerprint density at radius 1 is 1.14 bits per heavy atom. The molecule has 1 aliphatic rings. The molecule has 22 heavy (non-hydrogen) atoms. The van der Waals surface area contributed by atoms with Crippen LogP contribution in [0, 0.1) is 6.92 Å². The predicted molar refractivity (Wildman–Crippen MR) is 88.0 cm³/mol. The van der Waals surface area contributed by atoms with Crippen LogP contribution in [-0.2, 0) is 13.0 Å². The highest BCUT2D eigenvalue weighted by Crippen LogP contribution is 2.31. The fourth-order valence-electron chi connectivity index (χ4n) is 3.20. The number of hydrogen-bond donors (Lipinski definition) is 0. The van der Waals surface area contributed by atoms with Gasteiger partial charge < -0.3 is 4.57 Å². The van der Waals surface area contributed by atoms with Gasteiger partial charge >= 0.3 is 0 Å². The average Bonchev–Trinajstić information content (AvgIpc) is 3.09. The third-order valence-corrected chi connectivity index (χ3v) is 5.14. The monoisotopic (exact) mass is 310 g/mol. The topological polar surface area (TPSA) is 43.6 Å². The van der Waals surface area contributed by atoms with Crippen LogP contribution in [0.1, 0.15) is 35.2 Å². The summed E-state index contributed by atoms with van der Waals surface area (Å²) in [5.41, 5.74) is 2.40. The van der Waals surface area contributed by atoms with Crippen molar-refractivity contribution in [3.05, 3.63) is 52.1 Å². The molecule has 1 unspecified atom stereocenters. The lowest BCUT2D eigenvalue weighted by molar-refractivity contribution is 0.561. The first-order valence-corrected chi connectivity index (χ1v) is 8.59. The van der Waals surface area contributed by atoms with Crippen LogP contribution in [0.3, 0.4) is 0 Å². The summed E-state index contributed by atoms with van der Waals surface area (Å²) < 4.78 is 2.26. The Morgan fingerprint density at radius 3 is 2.77 bits per heavy atom. The van der Waals surface area contributed by atoms with Crippen molar-refractivity contribution >= 4 is 11.3 Å². The normalized spacial score (nSPS) is 18.0. The highest BCUT2D eigenvalue weighted by atomic mass is 32.1. The molecule has 2 aromatic heterocycles. The molecule has 4 rings (SSSR count). The van der Waals surface area contributed by atoms with Crippen molar-refractivity contribution in [3.63, 3.8) is 0 Å². The number of aromatic nitrogens is 4. The Labute approximate surface area is 133 Å². The lowest BCUT2D eigenvalue weighted by atomic mass is 9.92. The van der Waals surface area contributed by atoms with E-state index in [4.69, 9.17) is 0 Å². The number of thiazole rings is 1. The Morgan fingerprint density at radius 2 is 2.00 bits per heavy atom. The fourth-order valence-corrected chi connectivity index (χ4v) is 3.79. The van der Waals surface area contributed by atoms with Gasteiger partial charge in [-0.15, -0.1) is 21.5 Å². The van der Waals surface area contributed by atoms with Gasteiger partial charge in [0.15, 0.2) is 5.82 Å². The van der Waals surface area contributed by atoms with Crippen molar-refractivity contribution in [2.45, 2.75) is 38.6 Å². The number of aryl methyl sites for hydroxylation is 2. The Kier molecular flexibility index (Phi) is 3.50. The van der Waals surface area contributed by atoms with Crippen LogP contribution in [-0.4, -0.2) is 19.7 Å². The molecule has 0 amide bonds. The maximum atomic E-state index is 4.56. The molecule has 0 spiro atoms. The molecule has 0 bridgehead atoms. The van der Waals surface area contributed by atoms with Crippen molar-refractivity contribution in [2.24, 2.45) is 0 Å². The van der Waals surface area contributed by atoms with Gasteiger partial charge in [0.25, 0.3) is 0 Å². The maximum Gasteiger partial charge on any atom is 0.183 e. The second kappa shape index (κ2) is 5.65. The van der Waals surface area contributed by atoms with Gasteiger partial charge in [0.2, 0.25) is 0 Å². The molecule has 1 atom stereocenters. The molecule has 3 aromatic rings. The Hall–Kier alpha value is -2.01. The minimum absolute atomic E-state index is 0.605. The number of benzene rings is 1. The van der Waals surface area contributed by atoms with Gasteiger partial charge in [0.1, 0.15) is 11.5 Å². The fraction of sp³-hybridized carbons (Fsp3) is 0.353. The Bertz CT molecular complexity index is 775. The predicted octanol–water partition coefficient (Wildman–Crippen LogP) is 3.83. The van der Waals surface area contributed by atoms with Crippen molar-refractivity contribution in [3.8, 4) is 11.5 Å². The molecule has 1 aliphatic heterocycles. The van der Waals surface area contributed by atoms with Gasteiger partial charge in [-0.2, -0.15) is 0 Å². The number of fused-ring (bicyclic) bond motifs is 1. The molecule has 0 saturated carbocycles. The zero-order valence-electron chi connectivity index (χ0n) is 12.6. The minimum atomic E-state index is 0.605. The van der Waals surface area contributed by atoms with Gasteiger partial charge in [-0.25, -0.2) is 4.98 Å². The van der Waals surface area contributed by atoms with Gasteiger partial charge in [-0.3, -0.25) is 0 Å². The van der Waals surface area contributed by atoms with Crippen molar-refractivity contribution in [1.82, 2.24) is 19.7 Å². The van der Waals surface area contributed by atoms with E-state index < -0.39 is 0 Å². The van der Waals surface area contributed by atoms with Crippen LogP contribution >= 0.6 is 11.3 Å². The second-order valence-electron chi connectivity index (χ2n) is 5.78. The van der Waals surface area contributed by atoms with E-state index in [2.05, 4.69) is 55.5 Å². The zero-order chi connectivity index (χ0) is 14.9. The molecular weight excluding hydrogens is 292 g/mol. The van der Waals surface area contributed by atoms with E-state index in [-0.39, 0.29) is 0 Å². The zero-order valence-corrected chi connectivity index (χ0v) is 13.4. The van der Waals surface area contributed by atoms with Gasteiger partial charge in [0.05, 0.1) is 5.01 Å². The van der Waals surface area contributed by atoms with Crippen LogP contribution < -0.4 is 0 Å². The van der Waals surface area contributed by atoms with Gasteiger partial charge in [0, 0.05) is 18.3 Å². The highest BCUT2D eigenvalue weighted by Gasteiger charge is 2.22. The molecule has 0 aliphatic carbocycles. The SMILES string of the molecule is Cc1nc(-c2nnc3n2CCC(c2ccccc2)CC3)cs1. The summed E-state index contributed by atoms with van der Waals surface area (Å²) in [5, 5.41) is 11.9. The van der Waals surface area contributed by atoms with E-state index >= 15 is 0 Å². The second-order valence-corrected chi connectivity index (χ2v) is 6.84. The van der Waals surface area contributed by atoms with E-state index in [0.29, 0.717) is 5.92 Å². The first-order valence-electron chi connectivity index (χ1n) is 7.71. The molecule has 0 radical (unpaired) electrons. The molecule has 1 aromatic carbocycles. The third-order valence-electron chi connectivity index (χ3n) is 4.36. The summed E-state index contributed by atoms with van der Waals surface area (Å²) in [6, 6.07) is 10.8. The number of hydrogen-bond acceptors (Lipinski definition) is 4.